The molecular formula is C27H38N6O4S2. The molecule has 10 nitrogen and oxygen atoms in total. The molecule has 1 saturated carbocycles. The molecule has 12 heteroatoms. The van der Waals surface area contributed by atoms with Gasteiger partial charge in [0, 0.05) is 48.1 Å². The van der Waals surface area contributed by atoms with Gasteiger partial charge in [-0.25, -0.2) is 27.6 Å². The molecule has 0 spiro atoms. The van der Waals surface area contributed by atoms with E-state index in [1.165, 1.54) is 11.3 Å². The van der Waals surface area contributed by atoms with Gasteiger partial charge in [-0.1, -0.05) is 13.0 Å². The van der Waals surface area contributed by atoms with Crippen LogP contribution in [0.25, 0.3) is 10.4 Å². The van der Waals surface area contributed by atoms with Crippen molar-refractivity contribution < 1.29 is 17.9 Å². The molecule has 0 unspecified atom stereocenters. The van der Waals surface area contributed by atoms with Crippen molar-refractivity contribution in [1.29, 1.82) is 0 Å². The first-order chi connectivity index (χ1) is 18.6. The zero-order valence-corrected chi connectivity index (χ0v) is 24.7. The van der Waals surface area contributed by atoms with E-state index in [2.05, 4.69) is 25.4 Å². The van der Waals surface area contributed by atoms with Crippen molar-refractivity contribution in [1.82, 2.24) is 24.8 Å². The van der Waals surface area contributed by atoms with Crippen LogP contribution in [0.5, 0.6) is 0 Å². The van der Waals surface area contributed by atoms with E-state index >= 15 is 0 Å². The maximum absolute atomic E-state index is 13.2. The van der Waals surface area contributed by atoms with Gasteiger partial charge < -0.3 is 15.4 Å². The molecule has 4 rings (SSSR count). The fraction of sp³-hybridized carbons (Fsp3) is 0.519. The second kappa shape index (κ2) is 12.5. The van der Waals surface area contributed by atoms with E-state index in [-0.39, 0.29) is 41.6 Å². The number of rotatable bonds is 10. The summed E-state index contributed by atoms with van der Waals surface area (Å²) in [5.41, 5.74) is 1.28. The number of hydrogen-bond donors (Lipinski definition) is 3. The van der Waals surface area contributed by atoms with Crippen molar-refractivity contribution in [2.45, 2.75) is 89.3 Å². The first kappa shape index (κ1) is 29.0. The second-order valence-corrected chi connectivity index (χ2v) is 13.1. The van der Waals surface area contributed by atoms with Crippen molar-refractivity contribution in [3.8, 4) is 10.4 Å². The summed E-state index contributed by atoms with van der Waals surface area (Å²) in [6.07, 6.45) is 6.46. The van der Waals surface area contributed by atoms with Crippen molar-refractivity contribution in [3.05, 3.63) is 41.7 Å². The summed E-state index contributed by atoms with van der Waals surface area (Å²) in [7, 11) is -3.75. The van der Waals surface area contributed by atoms with Crippen molar-refractivity contribution in [3.63, 3.8) is 0 Å². The van der Waals surface area contributed by atoms with Crippen LogP contribution in [0.2, 0.25) is 0 Å². The van der Waals surface area contributed by atoms with Gasteiger partial charge in [-0.3, -0.25) is 0 Å². The molecule has 0 radical (unpaired) electrons. The van der Waals surface area contributed by atoms with Crippen molar-refractivity contribution in [2.24, 2.45) is 0 Å². The van der Waals surface area contributed by atoms with Gasteiger partial charge in [0.25, 0.3) is 0 Å². The Balaban J connectivity index is 1.54. The number of aromatic nitrogens is 3. The summed E-state index contributed by atoms with van der Waals surface area (Å²) in [4.78, 5) is 17.6. The van der Waals surface area contributed by atoms with Crippen LogP contribution in [0.4, 0.5) is 16.3 Å². The lowest BCUT2D eigenvalue weighted by atomic mass is 9.86. The monoisotopic (exact) mass is 574 g/mol. The Kier molecular flexibility index (Phi) is 9.29. The van der Waals surface area contributed by atoms with Gasteiger partial charge in [0.1, 0.15) is 5.82 Å². The summed E-state index contributed by atoms with van der Waals surface area (Å²) >= 11 is 1.53. The van der Waals surface area contributed by atoms with E-state index in [4.69, 9.17) is 4.74 Å². The van der Waals surface area contributed by atoms with Crippen molar-refractivity contribution in [2.75, 3.05) is 11.9 Å². The van der Waals surface area contributed by atoms with Crippen LogP contribution in [0.15, 0.2) is 41.6 Å². The zero-order chi connectivity index (χ0) is 28.2. The van der Waals surface area contributed by atoms with Gasteiger partial charge in [-0.05, 0) is 65.5 Å². The number of carbonyl (C=O) groups is 1. The van der Waals surface area contributed by atoms with E-state index in [0.717, 1.165) is 41.4 Å². The zero-order valence-electron chi connectivity index (χ0n) is 23.1. The fourth-order valence-corrected chi connectivity index (χ4v) is 7.24. The van der Waals surface area contributed by atoms with E-state index in [1.807, 2.05) is 50.6 Å². The highest BCUT2D eigenvalue weighted by Gasteiger charge is 2.27. The van der Waals surface area contributed by atoms with E-state index in [9.17, 15) is 13.2 Å². The molecule has 1 amide bonds. The van der Waals surface area contributed by atoms with Crippen LogP contribution in [-0.2, 0) is 14.8 Å². The van der Waals surface area contributed by atoms with Gasteiger partial charge in [0.2, 0.25) is 10.0 Å². The maximum Gasteiger partial charge on any atom is 0.407 e. The van der Waals surface area contributed by atoms with E-state index in [1.54, 1.807) is 25.4 Å². The Morgan fingerprint density at radius 1 is 1.15 bits per heavy atom. The van der Waals surface area contributed by atoms with Crippen LogP contribution in [-0.4, -0.2) is 48.0 Å². The molecule has 1 fully saturated rings. The Bertz CT molecular complexity index is 1370. The third-order valence-electron chi connectivity index (χ3n) is 6.57. The predicted octanol–water partition coefficient (Wildman–Crippen LogP) is 5.79. The molecule has 0 atom stereocenters. The van der Waals surface area contributed by atoms with Crippen LogP contribution in [0.3, 0.4) is 0 Å². The van der Waals surface area contributed by atoms with Gasteiger partial charge in [0.15, 0.2) is 0 Å². The van der Waals surface area contributed by atoms with Crippen LogP contribution in [0.1, 0.15) is 77.3 Å². The number of carbonyl (C=O) groups excluding carboxylic acids is 1. The normalized spacial score (nSPS) is 17.9. The quantitative estimate of drug-likeness (QED) is 0.280. The third kappa shape index (κ3) is 7.17. The molecule has 39 heavy (non-hydrogen) atoms. The minimum Gasteiger partial charge on any atom is -0.447 e. The molecule has 1 aliphatic rings. The lowest BCUT2D eigenvalue weighted by molar-refractivity contribution is 0.109. The topological polar surface area (TPSA) is 127 Å². The van der Waals surface area contributed by atoms with Gasteiger partial charge in [-0.2, -0.15) is 5.10 Å². The Hall–Kier alpha value is -2.96. The largest absolute Gasteiger partial charge is 0.447 e. The fourth-order valence-electron chi connectivity index (χ4n) is 4.77. The highest BCUT2D eigenvalue weighted by Crippen LogP contribution is 2.40. The molecule has 2 aromatic heterocycles. The molecule has 0 saturated heterocycles. The average Bonchev–Trinajstić information content (AvgIpc) is 3.54. The number of nitrogens with one attached hydrogen (secondary N) is 3. The molecule has 0 aliphatic heterocycles. The first-order valence-corrected chi connectivity index (χ1v) is 15.7. The number of sulfonamides is 1. The number of benzene rings is 1. The summed E-state index contributed by atoms with van der Waals surface area (Å²) in [5, 5.41) is 11.6. The minimum atomic E-state index is -3.75. The van der Waals surface area contributed by atoms with Gasteiger partial charge >= 0.3 is 6.09 Å². The summed E-state index contributed by atoms with van der Waals surface area (Å²) in [6, 6.07) is 7.49. The summed E-state index contributed by atoms with van der Waals surface area (Å²) < 4.78 is 36.2. The molecule has 1 aromatic carbocycles. The smallest absolute Gasteiger partial charge is 0.407 e. The lowest BCUT2D eigenvalue weighted by Gasteiger charge is -2.28. The second-order valence-electron chi connectivity index (χ2n) is 10.3. The van der Waals surface area contributed by atoms with Gasteiger partial charge in [-0.15, -0.1) is 11.3 Å². The maximum atomic E-state index is 13.2. The predicted molar refractivity (Wildman–Crippen MR) is 154 cm³/mol. The Labute approximate surface area is 234 Å². The highest BCUT2D eigenvalue weighted by molar-refractivity contribution is 7.89. The minimum absolute atomic E-state index is 0.0934. The number of amides is 1. The SMILES string of the molecule is CCNS(=O)(=O)c1cc(Nc2ccnn2C(C)C)ccc1-c1cnc([C@H]2CC[C@H](NC(=O)OC(C)C)CC2)s1. The third-order valence-corrected chi connectivity index (χ3v) is 9.35. The van der Waals surface area contributed by atoms with Crippen LogP contribution >= 0.6 is 11.3 Å². The molecule has 212 valence electrons. The Morgan fingerprint density at radius 3 is 2.56 bits per heavy atom. The number of thiazole rings is 1. The lowest BCUT2D eigenvalue weighted by Crippen LogP contribution is -2.38. The van der Waals surface area contributed by atoms with E-state index < -0.39 is 10.0 Å². The molecule has 0 bridgehead atoms. The molecule has 3 N–H and O–H groups in total. The van der Waals surface area contributed by atoms with Crippen LogP contribution in [0, 0.1) is 0 Å². The average molecular weight is 575 g/mol. The Morgan fingerprint density at radius 2 is 1.90 bits per heavy atom. The molecule has 3 aromatic rings. The standard InChI is InChI=1S/C27H38N6O4S2/c1-6-30-39(35,36)24-15-21(31-25-13-14-29-33(25)17(2)3)11-12-22(24)23-16-28-26(38-23)19-7-9-20(10-8-19)32-27(34)37-18(4)5/h11-20,30-31H,6-10H2,1-5H3,(H,32,34)/t19-,20-. The number of nitrogens with zero attached hydrogens (tertiary/aromatic N) is 3. The highest BCUT2D eigenvalue weighted by atomic mass is 32.2. The first-order valence-electron chi connectivity index (χ1n) is 13.4. The number of anilines is 2. The van der Waals surface area contributed by atoms with Gasteiger partial charge in [0.05, 0.1) is 27.1 Å². The summed E-state index contributed by atoms with van der Waals surface area (Å²) in [6.45, 7) is 9.78. The van der Waals surface area contributed by atoms with E-state index in [0.29, 0.717) is 11.3 Å². The number of hydrogen-bond acceptors (Lipinski definition) is 8. The number of alkyl carbamates (subject to hydrolysis) is 1. The van der Waals surface area contributed by atoms with Crippen molar-refractivity contribution >= 4 is 39.0 Å². The number of ether oxygens (including phenoxy) is 1. The molecular weight excluding hydrogens is 536 g/mol. The summed E-state index contributed by atoms with van der Waals surface area (Å²) in [5.74, 6) is 1.06. The van der Waals surface area contributed by atoms with Crippen LogP contribution < -0.4 is 15.4 Å². The molecule has 2 heterocycles. The molecule has 1 aliphatic carbocycles.